The topological polar surface area (TPSA) is 46.2 Å². The van der Waals surface area contributed by atoms with Gasteiger partial charge >= 0.3 is 0 Å². The number of Topliss-reactive ketones (excluding diaryl/α,β-unsaturated/α-hetero) is 1. The molecule has 1 atom stereocenters. The Labute approximate surface area is 110 Å². The lowest BCUT2D eigenvalue weighted by Crippen LogP contribution is -2.40. The minimum atomic E-state index is -1.04. The summed E-state index contributed by atoms with van der Waals surface area (Å²) in [4.78, 5) is 25.1. The highest BCUT2D eigenvalue weighted by Crippen LogP contribution is 2.46. The van der Waals surface area contributed by atoms with E-state index in [1.165, 1.54) is 0 Å². The van der Waals surface area contributed by atoms with Gasteiger partial charge in [0, 0.05) is 11.3 Å². The number of anilines is 1. The molecular weight excluding hydrogens is 238 g/mol. The predicted octanol–water partition coefficient (Wildman–Crippen LogP) is 2.32. The average molecular weight is 249 g/mol. The number of carbonyl (C=O) groups excluding carboxylic acids is 2. The van der Waals surface area contributed by atoms with Gasteiger partial charge in [0.15, 0.2) is 5.78 Å². The molecule has 1 spiro atoms. The number of fused-ring (bicyclic) bond motifs is 3. The molecule has 0 saturated carbocycles. The summed E-state index contributed by atoms with van der Waals surface area (Å²) < 4.78 is 0. The molecule has 0 fully saturated rings. The predicted molar refractivity (Wildman–Crippen MR) is 71.2 cm³/mol. The van der Waals surface area contributed by atoms with Crippen molar-refractivity contribution in [3.8, 4) is 0 Å². The zero-order valence-corrected chi connectivity index (χ0v) is 10.1. The summed E-state index contributed by atoms with van der Waals surface area (Å²) in [5.41, 5.74) is 2.16. The highest BCUT2D eigenvalue weighted by Gasteiger charge is 2.56. The van der Waals surface area contributed by atoms with Gasteiger partial charge in [-0.15, -0.1) is 0 Å². The maximum atomic E-state index is 12.7. The Hall–Kier alpha value is -2.42. The third kappa shape index (κ3) is 1.12. The van der Waals surface area contributed by atoms with Crippen LogP contribution in [0.25, 0.3) is 0 Å². The fourth-order valence-corrected chi connectivity index (χ4v) is 3.21. The Morgan fingerprint density at radius 1 is 0.947 bits per heavy atom. The molecule has 2 aliphatic rings. The standard InChI is InChI=1S/C16H11NO2/c18-14-11-6-2-1-5-10(11)9-16(14)12-7-3-4-8-13(12)17-15(16)19/h1-8H,9H2,(H,17,19)/t16-/m1/s1. The van der Waals surface area contributed by atoms with E-state index >= 15 is 0 Å². The number of nitrogens with one attached hydrogen (secondary N) is 1. The average Bonchev–Trinajstić information content (AvgIpc) is 2.89. The number of hydrogen-bond donors (Lipinski definition) is 1. The molecule has 1 N–H and O–H groups in total. The third-order valence-electron chi connectivity index (χ3n) is 4.13. The number of hydrogen-bond acceptors (Lipinski definition) is 2. The molecule has 0 radical (unpaired) electrons. The van der Waals surface area contributed by atoms with Crippen molar-refractivity contribution in [2.45, 2.75) is 11.8 Å². The highest BCUT2D eigenvalue weighted by molar-refractivity contribution is 6.28. The van der Waals surface area contributed by atoms with Crippen LogP contribution < -0.4 is 5.32 Å². The van der Waals surface area contributed by atoms with Crippen molar-refractivity contribution >= 4 is 17.4 Å². The van der Waals surface area contributed by atoms with Gasteiger partial charge in [-0.25, -0.2) is 0 Å². The first-order chi connectivity index (χ1) is 9.23. The van der Waals surface area contributed by atoms with Gasteiger partial charge in [0.2, 0.25) is 5.91 Å². The van der Waals surface area contributed by atoms with Gasteiger partial charge in [-0.2, -0.15) is 0 Å². The number of amides is 1. The summed E-state index contributed by atoms with van der Waals surface area (Å²) in [7, 11) is 0. The van der Waals surface area contributed by atoms with Crippen LogP contribution in [-0.4, -0.2) is 11.7 Å². The maximum Gasteiger partial charge on any atom is 0.243 e. The van der Waals surface area contributed by atoms with Gasteiger partial charge in [0.1, 0.15) is 5.41 Å². The molecule has 1 aliphatic carbocycles. The second-order valence-electron chi connectivity index (χ2n) is 5.07. The van der Waals surface area contributed by atoms with Gasteiger partial charge in [-0.3, -0.25) is 9.59 Å². The molecule has 1 aliphatic heterocycles. The van der Waals surface area contributed by atoms with Crippen molar-refractivity contribution in [1.29, 1.82) is 0 Å². The first kappa shape index (κ1) is 10.5. The lowest BCUT2D eigenvalue weighted by molar-refractivity contribution is -0.119. The highest BCUT2D eigenvalue weighted by atomic mass is 16.2. The summed E-state index contributed by atoms with van der Waals surface area (Å²) in [5.74, 6) is -0.277. The van der Waals surface area contributed by atoms with E-state index in [0.29, 0.717) is 12.0 Å². The first-order valence-electron chi connectivity index (χ1n) is 6.27. The zero-order valence-electron chi connectivity index (χ0n) is 10.1. The summed E-state index contributed by atoms with van der Waals surface area (Å²) in [6.07, 6.45) is 0.463. The summed E-state index contributed by atoms with van der Waals surface area (Å²) in [6, 6.07) is 14.9. The maximum absolute atomic E-state index is 12.7. The van der Waals surface area contributed by atoms with Crippen LogP contribution in [0.1, 0.15) is 21.5 Å². The van der Waals surface area contributed by atoms with Crippen molar-refractivity contribution in [2.75, 3.05) is 5.32 Å². The molecule has 0 saturated heterocycles. The van der Waals surface area contributed by atoms with E-state index in [9.17, 15) is 9.59 Å². The molecule has 0 bridgehead atoms. The van der Waals surface area contributed by atoms with Gasteiger partial charge < -0.3 is 5.32 Å². The van der Waals surface area contributed by atoms with E-state index in [4.69, 9.17) is 0 Å². The molecule has 2 aromatic rings. The van der Waals surface area contributed by atoms with Gasteiger partial charge in [0.25, 0.3) is 0 Å². The van der Waals surface area contributed by atoms with Crippen LogP contribution in [0.15, 0.2) is 48.5 Å². The van der Waals surface area contributed by atoms with Crippen LogP contribution in [0.4, 0.5) is 5.69 Å². The molecular formula is C16H11NO2. The smallest absolute Gasteiger partial charge is 0.243 e. The van der Waals surface area contributed by atoms with Crippen molar-refractivity contribution in [3.63, 3.8) is 0 Å². The number of rotatable bonds is 0. The Balaban J connectivity index is 1.99. The van der Waals surface area contributed by atoms with Crippen LogP contribution in [0.3, 0.4) is 0 Å². The second kappa shape index (κ2) is 3.32. The first-order valence-corrected chi connectivity index (χ1v) is 6.27. The van der Waals surface area contributed by atoms with Gasteiger partial charge in [-0.1, -0.05) is 42.5 Å². The van der Waals surface area contributed by atoms with E-state index in [1.54, 1.807) is 6.07 Å². The van der Waals surface area contributed by atoms with Crippen molar-refractivity contribution in [1.82, 2.24) is 0 Å². The number of benzene rings is 2. The van der Waals surface area contributed by atoms with Crippen molar-refractivity contribution in [2.24, 2.45) is 0 Å². The second-order valence-corrected chi connectivity index (χ2v) is 5.07. The lowest BCUT2D eigenvalue weighted by Gasteiger charge is -2.18. The fourth-order valence-electron chi connectivity index (χ4n) is 3.21. The van der Waals surface area contributed by atoms with Gasteiger partial charge in [-0.05, 0) is 23.6 Å². The molecule has 2 aromatic carbocycles. The van der Waals surface area contributed by atoms with Gasteiger partial charge in [0.05, 0.1) is 0 Å². The summed E-state index contributed by atoms with van der Waals surface area (Å²) in [6.45, 7) is 0. The third-order valence-corrected chi connectivity index (χ3v) is 4.13. The normalized spacial score (nSPS) is 23.4. The Bertz CT molecular complexity index is 735. The molecule has 3 heteroatoms. The monoisotopic (exact) mass is 249 g/mol. The van der Waals surface area contributed by atoms with Crippen LogP contribution in [0, 0.1) is 0 Å². The minimum absolute atomic E-state index is 0.0782. The minimum Gasteiger partial charge on any atom is -0.325 e. The number of ketones is 1. The molecule has 0 unspecified atom stereocenters. The zero-order chi connectivity index (χ0) is 13.0. The van der Waals surface area contributed by atoms with E-state index in [2.05, 4.69) is 5.32 Å². The summed E-state index contributed by atoms with van der Waals surface area (Å²) in [5, 5.41) is 2.84. The van der Waals surface area contributed by atoms with Crippen LogP contribution in [-0.2, 0) is 16.6 Å². The Morgan fingerprint density at radius 3 is 2.53 bits per heavy atom. The quantitative estimate of drug-likeness (QED) is 0.728. The SMILES string of the molecule is O=C1Nc2ccccc2[C@@]12Cc1ccccc1C2=O. The van der Waals surface area contributed by atoms with Crippen molar-refractivity contribution in [3.05, 3.63) is 65.2 Å². The largest absolute Gasteiger partial charge is 0.325 e. The summed E-state index contributed by atoms with van der Waals surface area (Å²) >= 11 is 0. The number of carbonyl (C=O) groups is 2. The Morgan fingerprint density at radius 2 is 1.68 bits per heavy atom. The molecule has 92 valence electrons. The molecule has 4 rings (SSSR count). The van der Waals surface area contributed by atoms with E-state index in [0.717, 1.165) is 16.8 Å². The van der Waals surface area contributed by atoms with E-state index in [-0.39, 0.29) is 11.7 Å². The van der Waals surface area contributed by atoms with Crippen LogP contribution >= 0.6 is 0 Å². The van der Waals surface area contributed by atoms with Crippen LogP contribution in [0.5, 0.6) is 0 Å². The molecule has 1 amide bonds. The molecule has 0 aromatic heterocycles. The van der Waals surface area contributed by atoms with E-state index < -0.39 is 5.41 Å². The molecule has 1 heterocycles. The molecule has 3 nitrogen and oxygen atoms in total. The number of para-hydroxylation sites is 1. The molecule has 19 heavy (non-hydrogen) atoms. The van der Waals surface area contributed by atoms with Crippen molar-refractivity contribution < 1.29 is 9.59 Å². The van der Waals surface area contributed by atoms with E-state index in [1.807, 2.05) is 42.5 Å². The fraction of sp³-hybridized carbons (Fsp3) is 0.125. The lowest BCUT2D eigenvalue weighted by atomic mass is 9.78. The Kier molecular flexibility index (Phi) is 1.83. The van der Waals surface area contributed by atoms with Crippen LogP contribution in [0.2, 0.25) is 0 Å².